The van der Waals surface area contributed by atoms with Crippen LogP contribution in [0.2, 0.25) is 0 Å². The van der Waals surface area contributed by atoms with Crippen LogP contribution in [-0.2, 0) is 22.2 Å². The van der Waals surface area contributed by atoms with Gasteiger partial charge in [-0.25, -0.2) is 9.59 Å². The quantitative estimate of drug-likeness (QED) is 0.547. The highest BCUT2D eigenvalue weighted by Crippen LogP contribution is 2.35. The summed E-state index contributed by atoms with van der Waals surface area (Å²) in [5, 5.41) is 2.73. The molecule has 10 heteroatoms. The maximum atomic E-state index is 13.6. The van der Waals surface area contributed by atoms with E-state index in [1.807, 2.05) is 0 Å². The van der Waals surface area contributed by atoms with Gasteiger partial charge in [-0.3, -0.25) is 4.90 Å². The molecule has 0 aliphatic carbocycles. The first-order valence-corrected chi connectivity index (χ1v) is 9.68. The molecule has 0 saturated carbocycles. The summed E-state index contributed by atoms with van der Waals surface area (Å²) in [6.07, 6.45) is -4.64. The van der Waals surface area contributed by atoms with Crippen molar-refractivity contribution in [1.82, 2.24) is 10.2 Å². The number of rotatable bonds is 5. The number of nitrogens with one attached hydrogen (secondary N) is 1. The number of anilines is 1. The number of carbonyl (C=O) groups is 2. The summed E-state index contributed by atoms with van der Waals surface area (Å²) in [7, 11) is 0. The van der Waals surface area contributed by atoms with Gasteiger partial charge in [-0.1, -0.05) is 0 Å². The molecule has 0 aromatic heterocycles. The van der Waals surface area contributed by atoms with Crippen LogP contribution in [0, 0.1) is 0 Å². The number of benzene rings is 1. The van der Waals surface area contributed by atoms with E-state index in [-0.39, 0.29) is 36.0 Å². The van der Waals surface area contributed by atoms with Gasteiger partial charge in [-0.15, -0.1) is 0 Å². The molecule has 168 valence electrons. The zero-order valence-corrected chi connectivity index (χ0v) is 17.6. The van der Waals surface area contributed by atoms with Gasteiger partial charge in [0.15, 0.2) is 0 Å². The van der Waals surface area contributed by atoms with Crippen LogP contribution in [0.15, 0.2) is 12.1 Å². The van der Waals surface area contributed by atoms with E-state index >= 15 is 0 Å². The van der Waals surface area contributed by atoms with Crippen molar-refractivity contribution in [2.75, 3.05) is 25.4 Å². The van der Waals surface area contributed by atoms with Gasteiger partial charge in [-0.2, -0.15) is 13.2 Å². The SMILES string of the molecule is CCOC(=O)c1cc(C(F)(F)F)c(CN2CC[C@@H](NC(=O)OC(C)(C)C)C2)cc1N. The number of amides is 1. The second-order valence-corrected chi connectivity index (χ2v) is 8.18. The third-order valence-electron chi connectivity index (χ3n) is 4.46. The Labute approximate surface area is 173 Å². The maximum absolute atomic E-state index is 13.6. The number of esters is 1. The van der Waals surface area contributed by atoms with E-state index in [9.17, 15) is 22.8 Å². The monoisotopic (exact) mass is 431 g/mol. The molecule has 7 nitrogen and oxygen atoms in total. The van der Waals surface area contributed by atoms with E-state index in [2.05, 4.69) is 5.32 Å². The lowest BCUT2D eigenvalue weighted by Gasteiger charge is -2.23. The van der Waals surface area contributed by atoms with Crippen LogP contribution in [0.5, 0.6) is 0 Å². The summed E-state index contributed by atoms with van der Waals surface area (Å²) >= 11 is 0. The Morgan fingerprint density at radius 2 is 1.93 bits per heavy atom. The average Bonchev–Trinajstić information content (AvgIpc) is 2.98. The summed E-state index contributed by atoms with van der Waals surface area (Å²) < 4.78 is 50.8. The number of hydrogen-bond acceptors (Lipinski definition) is 6. The van der Waals surface area contributed by atoms with Crippen LogP contribution in [-0.4, -0.2) is 48.3 Å². The Hall–Kier alpha value is -2.49. The molecule has 1 aromatic rings. The number of nitrogen functional groups attached to an aromatic ring is 1. The van der Waals surface area contributed by atoms with E-state index in [0.717, 1.165) is 6.07 Å². The lowest BCUT2D eigenvalue weighted by Crippen LogP contribution is -2.40. The summed E-state index contributed by atoms with van der Waals surface area (Å²) in [5.41, 5.74) is 3.85. The second kappa shape index (κ2) is 9.11. The highest BCUT2D eigenvalue weighted by Gasteiger charge is 2.36. The Morgan fingerprint density at radius 3 is 2.50 bits per heavy atom. The molecule has 0 bridgehead atoms. The number of carbonyl (C=O) groups excluding carboxylic acids is 2. The molecule has 1 atom stereocenters. The standard InChI is InChI=1S/C20H28F3N3O4/c1-5-29-17(27)14-9-15(20(21,22)23)12(8-16(14)24)10-26-7-6-13(11-26)25-18(28)30-19(2,3)4/h8-9,13H,5-7,10-11,24H2,1-4H3,(H,25,28)/t13-/m1/s1. The molecule has 1 aromatic carbocycles. The van der Waals surface area contributed by atoms with Gasteiger partial charge in [0.05, 0.1) is 17.7 Å². The van der Waals surface area contributed by atoms with Crippen LogP contribution in [0.3, 0.4) is 0 Å². The van der Waals surface area contributed by atoms with Gasteiger partial charge in [0.2, 0.25) is 0 Å². The van der Waals surface area contributed by atoms with Crippen molar-refractivity contribution in [3.8, 4) is 0 Å². The fourth-order valence-electron chi connectivity index (χ4n) is 3.25. The summed E-state index contributed by atoms with van der Waals surface area (Å²) in [6, 6.07) is 1.68. The Bertz CT molecular complexity index is 791. The van der Waals surface area contributed by atoms with Crippen LogP contribution >= 0.6 is 0 Å². The minimum absolute atomic E-state index is 0.0192. The number of alkyl halides is 3. The van der Waals surface area contributed by atoms with Crippen molar-refractivity contribution >= 4 is 17.7 Å². The molecule has 1 fully saturated rings. The normalized spacial score (nSPS) is 17.6. The van der Waals surface area contributed by atoms with E-state index in [1.165, 1.54) is 6.07 Å². The molecule has 1 heterocycles. The molecular weight excluding hydrogens is 403 g/mol. The average molecular weight is 431 g/mol. The van der Waals surface area contributed by atoms with Crippen LogP contribution in [0.1, 0.15) is 55.6 Å². The Balaban J connectivity index is 2.13. The van der Waals surface area contributed by atoms with Crippen LogP contribution in [0.25, 0.3) is 0 Å². The number of alkyl carbamates (subject to hydrolysis) is 1. The van der Waals surface area contributed by atoms with Crippen LogP contribution in [0.4, 0.5) is 23.7 Å². The van der Waals surface area contributed by atoms with E-state index in [0.29, 0.717) is 19.5 Å². The maximum Gasteiger partial charge on any atom is 0.416 e. The number of ether oxygens (including phenoxy) is 2. The molecule has 1 aliphatic heterocycles. The summed E-state index contributed by atoms with van der Waals surface area (Å²) in [6.45, 7) is 7.68. The fraction of sp³-hybridized carbons (Fsp3) is 0.600. The number of nitrogens with two attached hydrogens (primary N) is 1. The highest BCUT2D eigenvalue weighted by molar-refractivity contribution is 5.95. The van der Waals surface area contributed by atoms with Gasteiger partial charge in [0.1, 0.15) is 5.60 Å². The molecular formula is C20H28F3N3O4. The van der Waals surface area contributed by atoms with Gasteiger partial charge in [0.25, 0.3) is 0 Å². The first-order chi connectivity index (χ1) is 13.8. The summed E-state index contributed by atoms with van der Waals surface area (Å²) in [4.78, 5) is 25.6. The molecule has 3 N–H and O–H groups in total. The number of nitrogens with zero attached hydrogens (tertiary/aromatic N) is 1. The van der Waals surface area contributed by atoms with E-state index in [4.69, 9.17) is 15.2 Å². The minimum Gasteiger partial charge on any atom is -0.462 e. The van der Waals surface area contributed by atoms with Gasteiger partial charge in [0, 0.05) is 31.4 Å². The molecule has 30 heavy (non-hydrogen) atoms. The van der Waals surface area contributed by atoms with Crippen molar-refractivity contribution in [3.05, 3.63) is 28.8 Å². The molecule has 0 spiro atoms. The Morgan fingerprint density at radius 1 is 1.27 bits per heavy atom. The highest BCUT2D eigenvalue weighted by atomic mass is 19.4. The molecule has 1 saturated heterocycles. The first kappa shape index (κ1) is 23.8. The lowest BCUT2D eigenvalue weighted by atomic mass is 10.0. The number of likely N-dealkylation sites (tertiary alicyclic amines) is 1. The fourth-order valence-corrected chi connectivity index (χ4v) is 3.25. The topological polar surface area (TPSA) is 93.9 Å². The molecule has 1 amide bonds. The first-order valence-electron chi connectivity index (χ1n) is 9.68. The molecule has 0 unspecified atom stereocenters. The number of halogens is 3. The smallest absolute Gasteiger partial charge is 0.416 e. The molecule has 2 rings (SSSR count). The lowest BCUT2D eigenvalue weighted by molar-refractivity contribution is -0.138. The number of hydrogen-bond donors (Lipinski definition) is 2. The van der Waals surface area contributed by atoms with Crippen LogP contribution < -0.4 is 11.1 Å². The minimum atomic E-state index is -4.65. The predicted octanol–water partition coefficient (Wildman–Crippen LogP) is 3.56. The zero-order valence-electron chi connectivity index (χ0n) is 17.6. The molecule has 0 radical (unpaired) electrons. The van der Waals surface area contributed by atoms with Crippen molar-refractivity contribution < 1.29 is 32.2 Å². The van der Waals surface area contributed by atoms with Crippen molar-refractivity contribution in [2.45, 2.75) is 58.5 Å². The third kappa shape index (κ3) is 6.51. The van der Waals surface area contributed by atoms with E-state index < -0.39 is 29.4 Å². The van der Waals surface area contributed by atoms with Gasteiger partial charge < -0.3 is 20.5 Å². The third-order valence-corrected chi connectivity index (χ3v) is 4.46. The van der Waals surface area contributed by atoms with Gasteiger partial charge >= 0.3 is 18.2 Å². The summed E-state index contributed by atoms with van der Waals surface area (Å²) in [5.74, 6) is -0.894. The van der Waals surface area contributed by atoms with Crippen molar-refractivity contribution in [2.24, 2.45) is 0 Å². The second-order valence-electron chi connectivity index (χ2n) is 8.18. The zero-order chi connectivity index (χ0) is 22.7. The van der Waals surface area contributed by atoms with Gasteiger partial charge in [-0.05, 0) is 51.8 Å². The van der Waals surface area contributed by atoms with Crippen molar-refractivity contribution in [1.29, 1.82) is 0 Å². The predicted molar refractivity (Wildman–Crippen MR) is 105 cm³/mol. The van der Waals surface area contributed by atoms with E-state index in [1.54, 1.807) is 32.6 Å². The van der Waals surface area contributed by atoms with Crippen molar-refractivity contribution in [3.63, 3.8) is 0 Å². The molecule has 1 aliphatic rings. The Kier molecular flexibility index (Phi) is 7.23. The largest absolute Gasteiger partial charge is 0.462 e.